The van der Waals surface area contributed by atoms with Crippen molar-refractivity contribution < 1.29 is 0 Å². The first-order valence-electron chi connectivity index (χ1n) is 6.59. The molecule has 1 atom stereocenters. The molecule has 0 amide bonds. The topological polar surface area (TPSA) is 29.9 Å². The molecule has 19 heavy (non-hydrogen) atoms. The number of rotatable bonds is 5. The van der Waals surface area contributed by atoms with Crippen molar-refractivity contribution in [2.75, 3.05) is 7.05 Å². The van der Waals surface area contributed by atoms with Gasteiger partial charge in [-0.25, -0.2) is 4.98 Å². The van der Waals surface area contributed by atoms with Crippen molar-refractivity contribution in [3.8, 4) is 0 Å². The molecule has 3 nitrogen and oxygen atoms in total. The van der Waals surface area contributed by atoms with Crippen LogP contribution in [0.4, 0.5) is 0 Å². The SMILES string of the molecule is CCn1ccnc1CC(NC)c1cc(Br)ccc1C. The Morgan fingerprint density at radius 2 is 2.21 bits per heavy atom. The first kappa shape index (κ1) is 14.3. The highest BCUT2D eigenvalue weighted by Crippen LogP contribution is 2.24. The number of nitrogens with one attached hydrogen (secondary N) is 1. The van der Waals surface area contributed by atoms with Gasteiger partial charge in [0.15, 0.2) is 0 Å². The predicted molar refractivity (Wildman–Crippen MR) is 82.3 cm³/mol. The smallest absolute Gasteiger partial charge is 0.110 e. The largest absolute Gasteiger partial charge is 0.335 e. The van der Waals surface area contributed by atoms with Crippen LogP contribution in [0.3, 0.4) is 0 Å². The van der Waals surface area contributed by atoms with Gasteiger partial charge in [-0.2, -0.15) is 0 Å². The molecule has 1 aromatic carbocycles. The molecule has 1 heterocycles. The maximum absolute atomic E-state index is 4.46. The summed E-state index contributed by atoms with van der Waals surface area (Å²) in [6.07, 6.45) is 4.81. The molecule has 0 aliphatic heterocycles. The fourth-order valence-corrected chi connectivity index (χ4v) is 2.73. The van der Waals surface area contributed by atoms with E-state index in [1.54, 1.807) is 0 Å². The zero-order valence-corrected chi connectivity index (χ0v) is 13.2. The lowest BCUT2D eigenvalue weighted by molar-refractivity contribution is 0.550. The molecule has 2 aromatic rings. The lowest BCUT2D eigenvalue weighted by Crippen LogP contribution is -2.21. The number of benzene rings is 1. The van der Waals surface area contributed by atoms with Gasteiger partial charge < -0.3 is 9.88 Å². The van der Waals surface area contributed by atoms with Crippen LogP contribution in [0.1, 0.15) is 29.9 Å². The van der Waals surface area contributed by atoms with Crippen LogP contribution in [0, 0.1) is 6.92 Å². The molecular weight excluding hydrogens is 302 g/mol. The monoisotopic (exact) mass is 321 g/mol. The lowest BCUT2D eigenvalue weighted by atomic mass is 9.98. The normalized spacial score (nSPS) is 12.6. The van der Waals surface area contributed by atoms with Gasteiger partial charge in [-0.15, -0.1) is 0 Å². The molecule has 0 saturated carbocycles. The molecule has 0 radical (unpaired) electrons. The van der Waals surface area contributed by atoms with Gasteiger partial charge in [0.25, 0.3) is 0 Å². The summed E-state index contributed by atoms with van der Waals surface area (Å²) in [7, 11) is 2.00. The van der Waals surface area contributed by atoms with Gasteiger partial charge in [-0.1, -0.05) is 22.0 Å². The second-order valence-electron chi connectivity index (χ2n) is 4.68. The van der Waals surface area contributed by atoms with Crippen molar-refractivity contribution in [1.29, 1.82) is 0 Å². The van der Waals surface area contributed by atoms with Crippen LogP contribution in [0.2, 0.25) is 0 Å². The van der Waals surface area contributed by atoms with Crippen LogP contribution in [0.15, 0.2) is 35.1 Å². The Kier molecular flexibility index (Phi) is 4.77. The third-order valence-corrected chi connectivity index (χ3v) is 3.99. The maximum Gasteiger partial charge on any atom is 0.110 e. The number of likely N-dealkylation sites (N-methyl/N-ethyl adjacent to an activating group) is 1. The summed E-state index contributed by atoms with van der Waals surface area (Å²) in [6, 6.07) is 6.70. The highest BCUT2D eigenvalue weighted by Gasteiger charge is 2.15. The Hall–Kier alpha value is -1.13. The van der Waals surface area contributed by atoms with Gasteiger partial charge in [0.05, 0.1) is 0 Å². The minimum absolute atomic E-state index is 0.283. The number of aryl methyl sites for hydroxylation is 2. The number of imidazole rings is 1. The summed E-state index contributed by atoms with van der Waals surface area (Å²) >= 11 is 3.55. The Labute approximate surface area is 123 Å². The molecule has 1 aromatic heterocycles. The number of hydrogen-bond acceptors (Lipinski definition) is 2. The average molecular weight is 322 g/mol. The summed E-state index contributed by atoms with van der Waals surface area (Å²) < 4.78 is 3.31. The van der Waals surface area contributed by atoms with Gasteiger partial charge in [-0.05, 0) is 44.2 Å². The third-order valence-electron chi connectivity index (χ3n) is 3.49. The standard InChI is InChI=1S/C15H20BrN3/c1-4-19-8-7-18-15(19)10-14(17-3)13-9-12(16)6-5-11(13)2/h5-9,14,17H,4,10H2,1-3H3. The molecule has 0 aliphatic rings. The van der Waals surface area contributed by atoms with Crippen LogP contribution >= 0.6 is 15.9 Å². The summed E-state index contributed by atoms with van der Waals surface area (Å²) in [5.41, 5.74) is 2.62. The molecule has 4 heteroatoms. The van der Waals surface area contributed by atoms with Crippen molar-refractivity contribution in [2.24, 2.45) is 0 Å². The number of halogens is 1. The highest BCUT2D eigenvalue weighted by atomic mass is 79.9. The molecule has 0 saturated heterocycles. The Morgan fingerprint density at radius 3 is 2.89 bits per heavy atom. The second kappa shape index (κ2) is 6.35. The van der Waals surface area contributed by atoms with Gasteiger partial charge in [0, 0.05) is 35.9 Å². The highest BCUT2D eigenvalue weighted by molar-refractivity contribution is 9.10. The molecule has 102 valence electrons. The van der Waals surface area contributed by atoms with Gasteiger partial charge in [0.2, 0.25) is 0 Å². The summed E-state index contributed by atoms with van der Waals surface area (Å²) in [4.78, 5) is 4.46. The minimum atomic E-state index is 0.283. The second-order valence-corrected chi connectivity index (χ2v) is 5.59. The van der Waals surface area contributed by atoms with Crippen molar-refractivity contribution in [1.82, 2.24) is 14.9 Å². The van der Waals surface area contributed by atoms with Crippen LogP contribution in [-0.2, 0) is 13.0 Å². The van der Waals surface area contributed by atoms with Crippen molar-refractivity contribution in [2.45, 2.75) is 32.9 Å². The Bertz CT molecular complexity index is 548. The molecular formula is C15H20BrN3. The van der Waals surface area contributed by atoms with E-state index in [0.717, 1.165) is 23.3 Å². The van der Waals surface area contributed by atoms with E-state index in [1.807, 2.05) is 19.4 Å². The van der Waals surface area contributed by atoms with Crippen LogP contribution in [0.5, 0.6) is 0 Å². The summed E-state index contributed by atoms with van der Waals surface area (Å²) in [5.74, 6) is 1.13. The van der Waals surface area contributed by atoms with Crippen molar-refractivity contribution >= 4 is 15.9 Å². The first-order valence-corrected chi connectivity index (χ1v) is 7.38. The molecule has 0 fully saturated rings. The molecule has 1 unspecified atom stereocenters. The zero-order chi connectivity index (χ0) is 13.8. The van der Waals surface area contributed by atoms with E-state index in [0.29, 0.717) is 0 Å². The lowest BCUT2D eigenvalue weighted by Gasteiger charge is -2.19. The Balaban J connectivity index is 2.27. The molecule has 0 spiro atoms. The maximum atomic E-state index is 4.46. The first-order chi connectivity index (χ1) is 9.15. The van der Waals surface area contributed by atoms with Gasteiger partial charge in [-0.3, -0.25) is 0 Å². The number of hydrogen-bond donors (Lipinski definition) is 1. The Morgan fingerprint density at radius 1 is 1.42 bits per heavy atom. The number of aromatic nitrogens is 2. The van der Waals surface area contributed by atoms with E-state index in [-0.39, 0.29) is 6.04 Å². The van der Waals surface area contributed by atoms with Gasteiger partial charge >= 0.3 is 0 Å². The van der Waals surface area contributed by atoms with E-state index in [9.17, 15) is 0 Å². The fourth-order valence-electron chi connectivity index (χ4n) is 2.35. The molecule has 2 rings (SSSR count). The quantitative estimate of drug-likeness (QED) is 0.913. The molecule has 1 N–H and O–H groups in total. The van der Waals surface area contributed by atoms with Crippen LogP contribution in [-0.4, -0.2) is 16.6 Å². The van der Waals surface area contributed by atoms with E-state index in [1.165, 1.54) is 11.1 Å². The summed E-state index contributed by atoms with van der Waals surface area (Å²) in [6.45, 7) is 5.26. The zero-order valence-electron chi connectivity index (χ0n) is 11.7. The number of nitrogens with zero attached hydrogens (tertiary/aromatic N) is 2. The van der Waals surface area contributed by atoms with E-state index in [2.05, 4.69) is 62.8 Å². The van der Waals surface area contributed by atoms with Crippen LogP contribution in [0.25, 0.3) is 0 Å². The van der Waals surface area contributed by atoms with E-state index in [4.69, 9.17) is 0 Å². The van der Waals surface area contributed by atoms with Crippen molar-refractivity contribution in [3.05, 3.63) is 52.0 Å². The van der Waals surface area contributed by atoms with E-state index < -0.39 is 0 Å². The molecule has 0 bridgehead atoms. The minimum Gasteiger partial charge on any atom is -0.335 e. The van der Waals surface area contributed by atoms with E-state index >= 15 is 0 Å². The predicted octanol–water partition coefficient (Wildman–Crippen LogP) is 3.48. The van der Waals surface area contributed by atoms with Crippen LogP contribution < -0.4 is 5.32 Å². The molecule has 0 aliphatic carbocycles. The third kappa shape index (κ3) is 3.25. The summed E-state index contributed by atoms with van der Waals surface area (Å²) in [5, 5.41) is 3.40. The fraction of sp³-hybridized carbons (Fsp3) is 0.400. The van der Waals surface area contributed by atoms with Gasteiger partial charge in [0.1, 0.15) is 5.82 Å². The average Bonchev–Trinajstić information content (AvgIpc) is 2.86. The van der Waals surface area contributed by atoms with Crippen molar-refractivity contribution in [3.63, 3.8) is 0 Å².